The second kappa shape index (κ2) is 25.6. The first-order chi connectivity index (χ1) is 36.8. The molecule has 8 N–H and O–H groups in total. The Morgan fingerprint density at radius 3 is 1.17 bits per heavy atom. The van der Waals surface area contributed by atoms with Gasteiger partial charge in [0.25, 0.3) is 40.5 Å². The molecule has 0 spiro atoms. The summed E-state index contributed by atoms with van der Waals surface area (Å²) in [4.78, 5) is 36.1. The minimum atomic E-state index is -5.06. The van der Waals surface area contributed by atoms with E-state index in [1.165, 1.54) is 103 Å². The Morgan fingerprint density at radius 2 is 0.846 bits per heavy atom. The maximum Gasteiger partial charge on any atom is 0.500 e. The van der Waals surface area contributed by atoms with Crippen LogP contribution >= 0.6 is 0 Å². The maximum atomic E-state index is 13.0. The molecule has 0 amide bonds. The van der Waals surface area contributed by atoms with Gasteiger partial charge in [0, 0.05) is 79.0 Å². The van der Waals surface area contributed by atoms with Gasteiger partial charge in [-0.3, -0.25) is 38.2 Å². The van der Waals surface area contributed by atoms with E-state index in [9.17, 15) is 51.9 Å². The smallest absolute Gasteiger partial charge is 0.377 e. The van der Waals surface area contributed by atoms with Crippen LogP contribution in [-0.4, -0.2) is 155 Å². The minimum absolute atomic E-state index is 0.0324. The third-order valence-corrected chi connectivity index (χ3v) is 20.5. The van der Waals surface area contributed by atoms with Crippen LogP contribution in [0.1, 0.15) is 24.0 Å². The van der Waals surface area contributed by atoms with Crippen molar-refractivity contribution in [2.75, 3.05) is 55.7 Å². The van der Waals surface area contributed by atoms with Crippen LogP contribution < -0.4 is 22.5 Å². The third-order valence-electron chi connectivity index (χ3n) is 11.3. The molecule has 28 nitrogen and oxygen atoms in total. The number of aromatic amines is 4. The highest BCUT2D eigenvalue weighted by atomic mass is 32.2. The third kappa shape index (κ3) is 16.1. The molecule has 0 radical (unpaired) electrons. The molecule has 6 aromatic rings. The molecule has 2 heterocycles. The van der Waals surface area contributed by atoms with E-state index < -0.39 is 77.7 Å². The summed E-state index contributed by atoms with van der Waals surface area (Å²) in [7, 11) is -16.5. The molecule has 4 aromatic carbocycles. The molecular weight excluding hydrogens is 1140 g/mol. The highest BCUT2D eigenvalue weighted by Crippen LogP contribution is 2.28. The summed E-state index contributed by atoms with van der Waals surface area (Å²) >= 11 is 0. The van der Waals surface area contributed by atoms with E-state index in [4.69, 9.17) is 26.6 Å². The van der Waals surface area contributed by atoms with Crippen LogP contribution in [0.3, 0.4) is 0 Å². The predicted molar refractivity (Wildman–Crippen MR) is 282 cm³/mol. The van der Waals surface area contributed by atoms with Crippen molar-refractivity contribution in [2.45, 2.75) is 44.5 Å². The van der Waals surface area contributed by atoms with Gasteiger partial charge >= 0.3 is 17.6 Å². The van der Waals surface area contributed by atoms with Gasteiger partial charge in [0.15, 0.2) is 0 Å². The molecule has 0 aliphatic carbocycles. The molecular formula is C44H54N10O18S4Si2. The van der Waals surface area contributed by atoms with Gasteiger partial charge in [0.1, 0.15) is 21.4 Å². The number of aromatic nitrogens is 6. The Morgan fingerprint density at radius 1 is 0.487 bits per heavy atom. The lowest BCUT2D eigenvalue weighted by molar-refractivity contribution is 0.122. The van der Waals surface area contributed by atoms with Crippen molar-refractivity contribution < 1.29 is 78.4 Å². The minimum Gasteiger partial charge on any atom is -0.377 e. The summed E-state index contributed by atoms with van der Waals surface area (Å²) in [5.41, 5.74) is -0.278. The van der Waals surface area contributed by atoms with Crippen LogP contribution in [0.2, 0.25) is 12.1 Å². The summed E-state index contributed by atoms with van der Waals surface area (Å²) in [5.74, 6) is -0.101. The van der Waals surface area contributed by atoms with Gasteiger partial charge in [0.05, 0.1) is 21.2 Å². The van der Waals surface area contributed by atoms with Gasteiger partial charge < -0.3 is 36.5 Å². The maximum absolute atomic E-state index is 13.0. The topological polar surface area (TPSA) is 411 Å². The van der Waals surface area contributed by atoms with Gasteiger partial charge in [-0.25, -0.2) is 9.98 Å². The van der Waals surface area contributed by atoms with Crippen molar-refractivity contribution in [1.29, 1.82) is 0 Å². The predicted octanol–water partition coefficient (Wildman–Crippen LogP) is 3.08. The van der Waals surface area contributed by atoms with Crippen molar-refractivity contribution >= 4 is 81.6 Å². The summed E-state index contributed by atoms with van der Waals surface area (Å²) in [6, 6.07) is 18.3. The van der Waals surface area contributed by atoms with Gasteiger partial charge in [0.2, 0.25) is 22.5 Å². The normalized spacial score (nSPS) is 14.0. The molecule has 6 rings (SSSR count). The first kappa shape index (κ1) is 60.9. The second-order valence-electron chi connectivity index (χ2n) is 16.3. The molecule has 0 fully saturated rings. The van der Waals surface area contributed by atoms with Crippen molar-refractivity contribution in [3.63, 3.8) is 0 Å². The van der Waals surface area contributed by atoms with E-state index in [1.807, 2.05) is 0 Å². The first-order valence-electron chi connectivity index (χ1n) is 22.7. The number of benzene rings is 4. The van der Waals surface area contributed by atoms with E-state index >= 15 is 0 Å². The summed E-state index contributed by atoms with van der Waals surface area (Å²) in [6.07, 6.45) is 3.15. The number of nitrogens with one attached hydrogen (secondary N) is 4. The SMILES string of the molecule is CO[Si](CCCN=c1nc(-c2ccc(/C=C/c3ccc(-c4nc(=NCCC[Si](OC)(OC)OC)[nH]c(=Nc5cccc(S(=O)(=O)O)c5)[nH]4)cc3S(=O)(=O)O)c(S(=O)(=O)O)c2)[nH]c(=Nc2cccc(S(=O)(=O)O)c2)[nH]1)(OC)OC. The number of hydrogen-bond donors (Lipinski definition) is 8. The molecule has 0 saturated carbocycles. The van der Waals surface area contributed by atoms with Crippen LogP contribution in [0, 0.1) is 0 Å². The standard InChI is InChI=1S/C44H54N10O18S4Si2/c1-67-77(68-2,69-3)23-9-21-45-41-49-39(51-43(53-41)47-33-11-7-13-35(27-33)73(55,56)57)31-19-17-29(37(25-31)75(61,62)63)15-16-30-18-20-32(26-38(30)76(64,65)66)40-50-42(46-22-10-24-78(70-4,71-5)72-6)54-44(52-40)48-34-12-8-14-36(28-34)74(58,59)60/h7-8,11-20,25-28H,9-10,21-24H2,1-6H3,(H,55,56,57)(H,58,59,60)(H,61,62,63)(H,64,65,66)(H2,45,47,49,51,53)(H2,46,48,50,52,54)/b16-15+. The fraction of sp³-hybridized carbons (Fsp3) is 0.273. The van der Waals surface area contributed by atoms with Crippen molar-refractivity contribution in [3.8, 4) is 22.8 Å². The molecule has 0 bridgehead atoms. The highest BCUT2D eigenvalue weighted by molar-refractivity contribution is 7.86. The zero-order chi connectivity index (χ0) is 57.1. The van der Waals surface area contributed by atoms with Crippen LogP contribution in [0.4, 0.5) is 11.4 Å². The molecule has 34 heteroatoms. The zero-order valence-electron chi connectivity index (χ0n) is 42.3. The van der Waals surface area contributed by atoms with E-state index in [-0.39, 0.29) is 80.8 Å². The number of nitrogens with zero attached hydrogens (tertiary/aromatic N) is 6. The number of hydrogen-bond acceptors (Lipinski definition) is 20. The lowest BCUT2D eigenvalue weighted by Gasteiger charge is -2.23. The van der Waals surface area contributed by atoms with Crippen molar-refractivity contribution in [3.05, 3.63) is 119 Å². The zero-order valence-corrected chi connectivity index (χ0v) is 47.6. The monoisotopic (exact) mass is 1190 g/mol. The number of rotatable bonds is 24. The lowest BCUT2D eigenvalue weighted by atomic mass is 10.1. The molecule has 0 saturated heterocycles. The Labute approximate surface area is 449 Å². The quantitative estimate of drug-likeness (QED) is 0.0187. The molecule has 0 atom stereocenters. The average Bonchev–Trinajstić information content (AvgIpc) is 3.40. The van der Waals surface area contributed by atoms with Gasteiger partial charge in [-0.15, -0.1) is 0 Å². The van der Waals surface area contributed by atoms with Crippen LogP contribution in [0.5, 0.6) is 0 Å². The van der Waals surface area contributed by atoms with Gasteiger partial charge in [-0.2, -0.15) is 43.6 Å². The van der Waals surface area contributed by atoms with Crippen molar-refractivity contribution in [2.24, 2.45) is 20.0 Å². The Hall–Kier alpha value is -6.33. The molecule has 420 valence electrons. The fourth-order valence-electron chi connectivity index (χ4n) is 7.38. The molecule has 0 aliphatic heterocycles. The molecule has 0 aliphatic rings. The summed E-state index contributed by atoms with van der Waals surface area (Å²) < 4.78 is 173. The molecule has 78 heavy (non-hydrogen) atoms. The second-order valence-corrected chi connectivity index (χ2v) is 28.1. The largest absolute Gasteiger partial charge is 0.500 e. The van der Waals surface area contributed by atoms with Gasteiger partial charge in [-0.05, 0) is 72.5 Å². The Bertz CT molecular complexity index is 3680. The van der Waals surface area contributed by atoms with Gasteiger partial charge in [-0.1, -0.05) is 48.6 Å². The molecule has 0 unspecified atom stereocenters. The van der Waals surface area contributed by atoms with E-state index in [0.717, 1.165) is 36.4 Å². The Kier molecular flexibility index (Phi) is 20.0. The van der Waals surface area contributed by atoms with Crippen LogP contribution in [0.15, 0.2) is 124 Å². The summed E-state index contributed by atoms with van der Waals surface area (Å²) in [6.45, 7) is 0.294. The molecule has 2 aromatic heterocycles. The van der Waals surface area contributed by atoms with Crippen LogP contribution in [-0.2, 0) is 67.0 Å². The van der Waals surface area contributed by atoms with E-state index in [1.54, 1.807) is 0 Å². The Balaban J connectivity index is 1.43. The highest BCUT2D eigenvalue weighted by Gasteiger charge is 2.37. The van der Waals surface area contributed by atoms with E-state index in [2.05, 4.69) is 49.9 Å². The first-order valence-corrected chi connectivity index (χ1v) is 32.3. The van der Waals surface area contributed by atoms with Crippen molar-refractivity contribution in [1.82, 2.24) is 29.9 Å². The van der Waals surface area contributed by atoms with E-state index in [0.29, 0.717) is 24.9 Å². The average molecular weight is 1200 g/mol. The van der Waals surface area contributed by atoms with Crippen LogP contribution in [0.25, 0.3) is 34.9 Å². The number of H-pyrrole nitrogens is 4. The summed E-state index contributed by atoms with van der Waals surface area (Å²) in [5, 5.41) is 0. The fourth-order valence-corrected chi connectivity index (χ4v) is 13.2. The lowest BCUT2D eigenvalue weighted by Crippen LogP contribution is -2.42.